The number of nitrogens with one attached hydrogen (secondary N) is 1. The lowest BCUT2D eigenvalue weighted by molar-refractivity contribution is -0.139. The second kappa shape index (κ2) is 9.56. The van der Waals surface area contributed by atoms with Gasteiger partial charge in [-0.05, 0) is 43.9 Å². The molecule has 3 rings (SSSR count). The van der Waals surface area contributed by atoms with Crippen molar-refractivity contribution >= 4 is 11.8 Å². The Labute approximate surface area is 169 Å². The number of methoxy groups -OCH3 is 1. The molecule has 0 aliphatic carbocycles. The predicted molar refractivity (Wildman–Crippen MR) is 105 cm³/mol. The molecule has 0 spiro atoms. The quantitative estimate of drug-likeness (QED) is 0.806. The SMILES string of the molecule is COCC(=O)N1CCCCC1c1ncc(C(=O)NCc2ccc(F)cc2)c(C)n1. The molecule has 1 aromatic carbocycles. The number of benzene rings is 1. The number of piperidine rings is 1. The molecule has 1 aliphatic heterocycles. The summed E-state index contributed by atoms with van der Waals surface area (Å²) in [5.41, 5.74) is 1.72. The highest BCUT2D eigenvalue weighted by atomic mass is 19.1. The monoisotopic (exact) mass is 400 g/mol. The van der Waals surface area contributed by atoms with Crippen LogP contribution in [0.5, 0.6) is 0 Å². The smallest absolute Gasteiger partial charge is 0.254 e. The maximum absolute atomic E-state index is 13.0. The second-order valence-corrected chi connectivity index (χ2v) is 7.07. The average molecular weight is 400 g/mol. The highest BCUT2D eigenvalue weighted by Crippen LogP contribution is 2.29. The number of aromatic nitrogens is 2. The number of halogens is 1. The fourth-order valence-electron chi connectivity index (χ4n) is 3.45. The van der Waals surface area contributed by atoms with Crippen molar-refractivity contribution < 1.29 is 18.7 Å². The largest absolute Gasteiger partial charge is 0.375 e. The predicted octanol–water partition coefficient (Wildman–Crippen LogP) is 2.55. The van der Waals surface area contributed by atoms with Crippen LogP contribution in [-0.4, -0.2) is 46.9 Å². The Kier molecular flexibility index (Phi) is 6.87. The van der Waals surface area contributed by atoms with E-state index >= 15 is 0 Å². The average Bonchev–Trinajstić information content (AvgIpc) is 2.73. The van der Waals surface area contributed by atoms with Crippen molar-refractivity contribution in [3.05, 3.63) is 58.9 Å². The van der Waals surface area contributed by atoms with Crippen molar-refractivity contribution in [1.29, 1.82) is 0 Å². The van der Waals surface area contributed by atoms with Gasteiger partial charge in [-0.25, -0.2) is 14.4 Å². The highest BCUT2D eigenvalue weighted by Gasteiger charge is 2.30. The molecule has 0 saturated carbocycles. The number of carbonyl (C=O) groups is 2. The third kappa shape index (κ3) is 5.14. The van der Waals surface area contributed by atoms with Gasteiger partial charge in [0.2, 0.25) is 5.91 Å². The van der Waals surface area contributed by atoms with Crippen LogP contribution in [0, 0.1) is 12.7 Å². The zero-order valence-corrected chi connectivity index (χ0v) is 16.7. The summed E-state index contributed by atoms with van der Waals surface area (Å²) in [6.07, 6.45) is 4.22. The minimum Gasteiger partial charge on any atom is -0.375 e. The Bertz CT molecular complexity index is 873. The molecular formula is C21H25FN4O3. The minimum atomic E-state index is -0.319. The fraction of sp³-hybridized carbons (Fsp3) is 0.429. The van der Waals surface area contributed by atoms with Crippen molar-refractivity contribution in [3.8, 4) is 0 Å². The molecule has 7 nitrogen and oxygen atoms in total. The summed E-state index contributed by atoms with van der Waals surface area (Å²) in [6, 6.07) is 5.74. The molecule has 2 heterocycles. The number of amides is 2. The summed E-state index contributed by atoms with van der Waals surface area (Å²) in [7, 11) is 1.50. The van der Waals surface area contributed by atoms with Crippen molar-refractivity contribution in [1.82, 2.24) is 20.2 Å². The molecule has 1 fully saturated rings. The first kappa shape index (κ1) is 20.9. The molecule has 154 valence electrons. The summed E-state index contributed by atoms with van der Waals surface area (Å²) in [5.74, 6) is -0.156. The lowest BCUT2D eigenvalue weighted by Gasteiger charge is -2.34. The van der Waals surface area contributed by atoms with E-state index in [1.165, 1.54) is 25.4 Å². The van der Waals surface area contributed by atoms with E-state index in [-0.39, 0.29) is 36.8 Å². The van der Waals surface area contributed by atoms with Crippen LogP contribution >= 0.6 is 0 Å². The molecule has 1 atom stereocenters. The zero-order chi connectivity index (χ0) is 20.8. The minimum absolute atomic E-state index is 0.0271. The van der Waals surface area contributed by atoms with Gasteiger partial charge in [-0.3, -0.25) is 9.59 Å². The van der Waals surface area contributed by atoms with E-state index in [4.69, 9.17) is 4.74 Å². The van der Waals surface area contributed by atoms with Crippen molar-refractivity contribution in [2.24, 2.45) is 0 Å². The topological polar surface area (TPSA) is 84.4 Å². The number of likely N-dealkylation sites (tertiary alicyclic amines) is 1. The van der Waals surface area contributed by atoms with E-state index < -0.39 is 0 Å². The van der Waals surface area contributed by atoms with Crippen LogP contribution in [0.1, 0.15) is 52.7 Å². The van der Waals surface area contributed by atoms with E-state index in [2.05, 4.69) is 15.3 Å². The lowest BCUT2D eigenvalue weighted by Crippen LogP contribution is -2.41. The first-order valence-electron chi connectivity index (χ1n) is 9.64. The molecule has 0 radical (unpaired) electrons. The van der Waals surface area contributed by atoms with Crippen LogP contribution in [0.4, 0.5) is 4.39 Å². The van der Waals surface area contributed by atoms with Gasteiger partial charge in [0, 0.05) is 26.4 Å². The first-order chi connectivity index (χ1) is 14.0. The van der Waals surface area contributed by atoms with Crippen LogP contribution in [0.15, 0.2) is 30.5 Å². The Morgan fingerprint density at radius 3 is 2.72 bits per heavy atom. The summed E-state index contributed by atoms with van der Waals surface area (Å²) in [6.45, 7) is 2.71. The van der Waals surface area contributed by atoms with Crippen molar-refractivity contribution in [2.75, 3.05) is 20.3 Å². The van der Waals surface area contributed by atoms with Crippen molar-refractivity contribution in [3.63, 3.8) is 0 Å². The van der Waals surface area contributed by atoms with Gasteiger partial charge in [0.05, 0.1) is 17.3 Å². The highest BCUT2D eigenvalue weighted by molar-refractivity contribution is 5.94. The molecule has 1 aliphatic rings. The maximum Gasteiger partial charge on any atom is 0.254 e. The number of rotatable bonds is 6. The number of carbonyl (C=O) groups excluding carboxylic acids is 2. The van der Waals surface area contributed by atoms with Crippen LogP contribution in [0.2, 0.25) is 0 Å². The normalized spacial score (nSPS) is 16.5. The number of ether oxygens (including phenoxy) is 1. The zero-order valence-electron chi connectivity index (χ0n) is 16.7. The van der Waals surface area contributed by atoms with Gasteiger partial charge in [-0.2, -0.15) is 0 Å². The molecule has 1 saturated heterocycles. The van der Waals surface area contributed by atoms with E-state index in [0.717, 1.165) is 24.8 Å². The molecule has 8 heteroatoms. The van der Waals surface area contributed by atoms with Crippen LogP contribution in [0.3, 0.4) is 0 Å². The summed E-state index contributed by atoms with van der Waals surface area (Å²) >= 11 is 0. The van der Waals surface area contributed by atoms with Gasteiger partial charge in [0.25, 0.3) is 5.91 Å². The number of hydrogen-bond acceptors (Lipinski definition) is 5. The van der Waals surface area contributed by atoms with Gasteiger partial charge >= 0.3 is 0 Å². The van der Waals surface area contributed by atoms with Gasteiger partial charge < -0.3 is 15.0 Å². The molecule has 2 amide bonds. The first-order valence-corrected chi connectivity index (χ1v) is 9.64. The van der Waals surface area contributed by atoms with Crippen LogP contribution in [0.25, 0.3) is 0 Å². The molecule has 2 aromatic rings. The molecule has 1 aromatic heterocycles. The summed E-state index contributed by atoms with van der Waals surface area (Å²) in [5, 5.41) is 2.80. The van der Waals surface area contributed by atoms with Gasteiger partial charge in [-0.1, -0.05) is 12.1 Å². The summed E-state index contributed by atoms with van der Waals surface area (Å²) in [4.78, 5) is 35.5. The van der Waals surface area contributed by atoms with Crippen LogP contribution < -0.4 is 5.32 Å². The number of nitrogens with zero attached hydrogens (tertiary/aromatic N) is 3. The molecule has 29 heavy (non-hydrogen) atoms. The van der Waals surface area contributed by atoms with E-state index in [1.807, 2.05) is 0 Å². The summed E-state index contributed by atoms with van der Waals surface area (Å²) < 4.78 is 18.0. The molecule has 0 bridgehead atoms. The standard InChI is InChI=1S/C21H25FN4O3/c1-14-17(21(28)24-11-15-6-8-16(22)9-7-15)12-23-20(25-14)18-5-3-4-10-26(18)19(27)13-29-2/h6-9,12,18H,3-5,10-11,13H2,1-2H3,(H,24,28). The van der Waals surface area contributed by atoms with Gasteiger partial charge in [0.15, 0.2) is 5.82 Å². The molecular weight excluding hydrogens is 375 g/mol. The van der Waals surface area contributed by atoms with Crippen LogP contribution in [-0.2, 0) is 16.1 Å². The second-order valence-electron chi connectivity index (χ2n) is 7.07. The lowest BCUT2D eigenvalue weighted by atomic mass is 10.0. The maximum atomic E-state index is 13.0. The van der Waals surface area contributed by atoms with Gasteiger partial charge in [-0.15, -0.1) is 0 Å². The van der Waals surface area contributed by atoms with E-state index in [1.54, 1.807) is 24.0 Å². The van der Waals surface area contributed by atoms with Gasteiger partial charge in [0.1, 0.15) is 12.4 Å². The number of aryl methyl sites for hydroxylation is 1. The molecule has 1 N–H and O–H groups in total. The molecule has 1 unspecified atom stereocenters. The Morgan fingerprint density at radius 2 is 2.03 bits per heavy atom. The van der Waals surface area contributed by atoms with E-state index in [9.17, 15) is 14.0 Å². The third-order valence-corrected chi connectivity index (χ3v) is 5.00. The Balaban J connectivity index is 1.70. The van der Waals surface area contributed by atoms with Crippen molar-refractivity contribution in [2.45, 2.75) is 38.8 Å². The Morgan fingerprint density at radius 1 is 1.28 bits per heavy atom. The Hall–Kier alpha value is -2.87. The van der Waals surface area contributed by atoms with E-state index in [0.29, 0.717) is 23.6 Å². The third-order valence-electron chi connectivity index (χ3n) is 5.00. The fourth-order valence-corrected chi connectivity index (χ4v) is 3.45. The number of hydrogen-bond donors (Lipinski definition) is 1.